The minimum Gasteiger partial charge on any atom is -0.357 e. The topological polar surface area (TPSA) is 73.8 Å². The summed E-state index contributed by atoms with van der Waals surface area (Å²) >= 11 is 1.33. The van der Waals surface area contributed by atoms with Crippen molar-refractivity contribution in [3.05, 3.63) is 52.9 Å². The summed E-state index contributed by atoms with van der Waals surface area (Å²) in [6.45, 7) is 10.2. The maximum Gasteiger partial charge on any atom is 0.252 e. The fourth-order valence-electron chi connectivity index (χ4n) is 2.95. The lowest BCUT2D eigenvalue weighted by atomic mass is 10.1. The van der Waals surface area contributed by atoms with Crippen molar-refractivity contribution in [2.45, 2.75) is 44.4 Å². The van der Waals surface area contributed by atoms with E-state index in [1.807, 2.05) is 45.0 Å². The van der Waals surface area contributed by atoms with Crippen LogP contribution in [0, 0.1) is 0 Å². The Bertz CT molecular complexity index is 875. The fraction of sp³-hybridized carbons (Fsp3) is 0.476. The zero-order valence-electron chi connectivity index (χ0n) is 17.7. The van der Waals surface area contributed by atoms with Gasteiger partial charge in [0.25, 0.3) is 10.0 Å². The van der Waals surface area contributed by atoms with E-state index in [4.69, 9.17) is 0 Å². The van der Waals surface area contributed by atoms with Gasteiger partial charge in [-0.15, -0.1) is 11.3 Å². The van der Waals surface area contributed by atoms with Crippen LogP contribution in [0.5, 0.6) is 0 Å². The molecule has 0 fully saturated rings. The van der Waals surface area contributed by atoms with E-state index in [1.165, 1.54) is 21.2 Å². The van der Waals surface area contributed by atoms with Crippen LogP contribution in [0.1, 0.15) is 44.2 Å². The second-order valence-corrected chi connectivity index (χ2v) is 9.93. The van der Waals surface area contributed by atoms with Crippen LogP contribution in [-0.2, 0) is 16.4 Å². The van der Waals surface area contributed by atoms with Gasteiger partial charge in [0.1, 0.15) is 4.21 Å². The zero-order chi connectivity index (χ0) is 21.3. The van der Waals surface area contributed by atoms with Crippen molar-refractivity contribution < 1.29 is 8.42 Å². The molecule has 1 aromatic carbocycles. The molecule has 6 nitrogen and oxygen atoms in total. The van der Waals surface area contributed by atoms with E-state index in [-0.39, 0.29) is 6.04 Å². The first-order valence-electron chi connectivity index (χ1n) is 10.1. The molecule has 0 aliphatic carbocycles. The van der Waals surface area contributed by atoms with E-state index in [0.29, 0.717) is 30.3 Å². The van der Waals surface area contributed by atoms with E-state index >= 15 is 0 Å². The second-order valence-electron chi connectivity index (χ2n) is 6.60. The number of sulfonamides is 1. The number of benzene rings is 1. The molecule has 1 atom stereocenters. The number of guanidine groups is 1. The van der Waals surface area contributed by atoms with Crippen molar-refractivity contribution in [1.29, 1.82) is 0 Å². The molecular formula is C21H32N4O2S2. The number of aliphatic imine (C=N–C) groups is 1. The number of thiophene rings is 1. The number of hydrogen-bond donors (Lipinski definition) is 2. The highest BCUT2D eigenvalue weighted by atomic mass is 32.2. The standard InChI is InChI=1S/C21H32N4O2S2/c1-5-22-21(24-17(4)18-11-9-8-10-12-18)23-16-15-19-13-14-20(28-19)29(26,27)25(6-2)7-3/h8-14,17H,5-7,15-16H2,1-4H3,(H2,22,23,24). The average Bonchev–Trinajstić information content (AvgIpc) is 3.19. The Morgan fingerprint density at radius 1 is 1.10 bits per heavy atom. The van der Waals surface area contributed by atoms with Gasteiger partial charge in [-0.25, -0.2) is 8.42 Å². The van der Waals surface area contributed by atoms with Crippen LogP contribution in [0.3, 0.4) is 0 Å². The number of hydrogen-bond acceptors (Lipinski definition) is 4. The van der Waals surface area contributed by atoms with E-state index in [2.05, 4.69) is 34.7 Å². The SMILES string of the molecule is CCNC(=NCCc1ccc(S(=O)(=O)N(CC)CC)s1)NC(C)c1ccccc1. The lowest BCUT2D eigenvalue weighted by molar-refractivity contribution is 0.447. The molecule has 2 N–H and O–H groups in total. The van der Waals surface area contributed by atoms with Crippen LogP contribution in [-0.4, -0.2) is 44.9 Å². The molecule has 2 aromatic rings. The van der Waals surface area contributed by atoms with E-state index < -0.39 is 10.0 Å². The molecule has 1 aromatic heterocycles. The van der Waals surface area contributed by atoms with Gasteiger partial charge >= 0.3 is 0 Å². The quantitative estimate of drug-likeness (QED) is 0.441. The predicted molar refractivity (Wildman–Crippen MR) is 122 cm³/mol. The molecule has 0 aliphatic heterocycles. The van der Waals surface area contributed by atoms with Crippen LogP contribution in [0.15, 0.2) is 51.7 Å². The van der Waals surface area contributed by atoms with Crippen LogP contribution in [0.2, 0.25) is 0 Å². The highest BCUT2D eigenvalue weighted by Crippen LogP contribution is 2.25. The number of rotatable bonds is 10. The summed E-state index contributed by atoms with van der Waals surface area (Å²) in [5, 5.41) is 6.69. The molecule has 0 saturated heterocycles. The van der Waals surface area contributed by atoms with Gasteiger partial charge in [-0.3, -0.25) is 4.99 Å². The number of nitrogens with one attached hydrogen (secondary N) is 2. The van der Waals surface area contributed by atoms with Crippen molar-refractivity contribution in [2.24, 2.45) is 4.99 Å². The molecular weight excluding hydrogens is 404 g/mol. The fourth-order valence-corrected chi connectivity index (χ4v) is 5.91. The highest BCUT2D eigenvalue weighted by molar-refractivity contribution is 7.91. The summed E-state index contributed by atoms with van der Waals surface area (Å²) in [4.78, 5) is 5.67. The largest absolute Gasteiger partial charge is 0.357 e. The third-order valence-electron chi connectivity index (χ3n) is 4.56. The Morgan fingerprint density at radius 2 is 1.79 bits per heavy atom. The van der Waals surface area contributed by atoms with E-state index in [1.54, 1.807) is 6.07 Å². The Morgan fingerprint density at radius 3 is 2.41 bits per heavy atom. The van der Waals surface area contributed by atoms with Crippen molar-refractivity contribution in [3.8, 4) is 0 Å². The first kappa shape index (κ1) is 23.4. The van der Waals surface area contributed by atoms with Gasteiger partial charge in [0, 0.05) is 37.5 Å². The van der Waals surface area contributed by atoms with Gasteiger partial charge in [0.2, 0.25) is 0 Å². The van der Waals surface area contributed by atoms with Crippen LogP contribution < -0.4 is 10.6 Å². The normalized spacial score (nSPS) is 13.5. The minimum atomic E-state index is -3.39. The third kappa shape index (κ3) is 6.55. The predicted octanol–water partition coefficient (Wildman–Crippen LogP) is 3.64. The lowest BCUT2D eigenvalue weighted by Crippen LogP contribution is -2.38. The van der Waals surface area contributed by atoms with Gasteiger partial charge in [-0.1, -0.05) is 44.2 Å². The average molecular weight is 437 g/mol. The van der Waals surface area contributed by atoms with E-state index in [0.717, 1.165) is 17.4 Å². The van der Waals surface area contributed by atoms with Crippen molar-refractivity contribution in [2.75, 3.05) is 26.2 Å². The van der Waals surface area contributed by atoms with Crippen LogP contribution >= 0.6 is 11.3 Å². The monoisotopic (exact) mass is 436 g/mol. The lowest BCUT2D eigenvalue weighted by Gasteiger charge is -2.18. The molecule has 0 spiro atoms. The molecule has 2 rings (SSSR count). The Labute approximate surface area is 179 Å². The van der Waals surface area contributed by atoms with Gasteiger partial charge < -0.3 is 10.6 Å². The molecule has 0 amide bonds. The van der Waals surface area contributed by atoms with Gasteiger partial charge in [-0.05, 0) is 31.5 Å². The molecule has 8 heteroatoms. The minimum absolute atomic E-state index is 0.140. The van der Waals surface area contributed by atoms with Crippen LogP contribution in [0.25, 0.3) is 0 Å². The molecule has 0 bridgehead atoms. The van der Waals surface area contributed by atoms with Crippen LogP contribution in [0.4, 0.5) is 0 Å². The van der Waals surface area contributed by atoms with Gasteiger partial charge in [0.05, 0.1) is 6.04 Å². The smallest absolute Gasteiger partial charge is 0.252 e. The zero-order valence-corrected chi connectivity index (χ0v) is 19.3. The highest BCUT2D eigenvalue weighted by Gasteiger charge is 2.23. The Hall–Kier alpha value is -1.90. The Kier molecular flexibility index (Phi) is 9.13. The van der Waals surface area contributed by atoms with Crippen molar-refractivity contribution >= 4 is 27.3 Å². The van der Waals surface area contributed by atoms with Crippen molar-refractivity contribution in [3.63, 3.8) is 0 Å². The molecule has 0 saturated carbocycles. The third-order valence-corrected chi connectivity index (χ3v) is 8.22. The maximum atomic E-state index is 12.6. The molecule has 0 aliphatic rings. The first-order valence-corrected chi connectivity index (χ1v) is 12.4. The summed E-state index contributed by atoms with van der Waals surface area (Å²) in [6, 6.07) is 14.0. The second kappa shape index (κ2) is 11.3. The molecule has 29 heavy (non-hydrogen) atoms. The first-order chi connectivity index (χ1) is 13.9. The summed E-state index contributed by atoms with van der Waals surface area (Å²) in [6.07, 6.45) is 0.703. The number of nitrogens with zero attached hydrogens (tertiary/aromatic N) is 2. The van der Waals surface area contributed by atoms with E-state index in [9.17, 15) is 8.42 Å². The summed E-state index contributed by atoms with van der Waals surface area (Å²) in [5.41, 5.74) is 1.20. The molecule has 160 valence electrons. The summed E-state index contributed by atoms with van der Waals surface area (Å²) in [7, 11) is -3.39. The summed E-state index contributed by atoms with van der Waals surface area (Å²) in [5.74, 6) is 0.761. The Balaban J connectivity index is 2.00. The molecule has 0 radical (unpaired) electrons. The molecule has 1 heterocycles. The summed E-state index contributed by atoms with van der Waals surface area (Å²) < 4.78 is 27.1. The van der Waals surface area contributed by atoms with Gasteiger partial charge in [0.15, 0.2) is 5.96 Å². The molecule has 1 unspecified atom stereocenters. The van der Waals surface area contributed by atoms with Gasteiger partial charge in [-0.2, -0.15) is 4.31 Å². The van der Waals surface area contributed by atoms with Crippen molar-refractivity contribution in [1.82, 2.24) is 14.9 Å². The maximum absolute atomic E-state index is 12.6.